The van der Waals surface area contributed by atoms with Gasteiger partial charge in [0.15, 0.2) is 10.9 Å². The number of nitrogens with zero attached hydrogens (tertiary/aromatic N) is 2. The Hall–Kier alpha value is -2.53. The lowest BCUT2D eigenvalue weighted by atomic mass is 10.1. The van der Waals surface area contributed by atoms with E-state index < -0.39 is 0 Å². The highest BCUT2D eigenvalue weighted by atomic mass is 32.2. The molecule has 0 aliphatic carbocycles. The number of aryl methyl sites for hydroxylation is 1. The van der Waals surface area contributed by atoms with Crippen molar-refractivity contribution in [1.82, 2.24) is 9.55 Å². The number of carbonyl (C=O) groups is 1. The van der Waals surface area contributed by atoms with Crippen LogP contribution in [0.15, 0.2) is 72.1 Å². The Morgan fingerprint density at radius 2 is 1.78 bits per heavy atom. The van der Waals surface area contributed by atoms with E-state index in [0.717, 1.165) is 10.9 Å². The number of ether oxygens (including phenoxy) is 1. The lowest BCUT2D eigenvalue weighted by Gasteiger charge is -2.06. The molecule has 0 amide bonds. The van der Waals surface area contributed by atoms with Crippen LogP contribution in [0.3, 0.4) is 0 Å². The second kappa shape index (κ2) is 7.15. The van der Waals surface area contributed by atoms with Gasteiger partial charge in [-0.3, -0.25) is 4.79 Å². The van der Waals surface area contributed by atoms with Gasteiger partial charge in [-0.2, -0.15) is 0 Å². The average molecular weight is 324 g/mol. The number of para-hydroxylation sites is 1. The van der Waals surface area contributed by atoms with Crippen molar-refractivity contribution in [3.63, 3.8) is 0 Å². The Morgan fingerprint density at radius 3 is 2.43 bits per heavy atom. The Morgan fingerprint density at radius 1 is 1.09 bits per heavy atom. The predicted octanol–water partition coefficient (Wildman–Crippen LogP) is 4.19. The Labute approximate surface area is 139 Å². The van der Waals surface area contributed by atoms with Gasteiger partial charge in [0.05, 0.1) is 5.75 Å². The zero-order valence-electron chi connectivity index (χ0n) is 12.7. The van der Waals surface area contributed by atoms with Gasteiger partial charge in [0.25, 0.3) is 0 Å². The van der Waals surface area contributed by atoms with Gasteiger partial charge in [0.2, 0.25) is 0 Å². The Balaban J connectivity index is 1.60. The molecule has 1 heterocycles. The van der Waals surface area contributed by atoms with Crippen molar-refractivity contribution in [3.05, 3.63) is 72.6 Å². The summed E-state index contributed by atoms with van der Waals surface area (Å²) in [4.78, 5) is 16.4. The van der Waals surface area contributed by atoms with Gasteiger partial charge in [-0.25, -0.2) is 4.98 Å². The normalized spacial score (nSPS) is 10.5. The maximum absolute atomic E-state index is 12.2. The van der Waals surface area contributed by atoms with Gasteiger partial charge in [0.1, 0.15) is 11.5 Å². The second-order valence-corrected chi connectivity index (χ2v) is 5.91. The van der Waals surface area contributed by atoms with E-state index in [1.54, 1.807) is 18.3 Å². The van der Waals surface area contributed by atoms with E-state index in [1.807, 2.05) is 60.3 Å². The van der Waals surface area contributed by atoms with E-state index in [0.29, 0.717) is 17.1 Å². The van der Waals surface area contributed by atoms with Crippen LogP contribution in [0.2, 0.25) is 0 Å². The van der Waals surface area contributed by atoms with Crippen molar-refractivity contribution in [2.24, 2.45) is 7.05 Å². The molecule has 0 N–H and O–H groups in total. The zero-order chi connectivity index (χ0) is 16.1. The first-order valence-corrected chi connectivity index (χ1v) is 8.17. The van der Waals surface area contributed by atoms with E-state index in [1.165, 1.54) is 11.8 Å². The van der Waals surface area contributed by atoms with Gasteiger partial charge in [-0.15, -0.1) is 0 Å². The molecule has 0 saturated carbocycles. The van der Waals surface area contributed by atoms with Gasteiger partial charge in [-0.05, 0) is 36.4 Å². The van der Waals surface area contributed by atoms with Crippen molar-refractivity contribution in [3.8, 4) is 11.5 Å². The first-order valence-electron chi connectivity index (χ1n) is 7.18. The molecule has 0 spiro atoms. The molecule has 0 radical (unpaired) electrons. The van der Waals surface area contributed by atoms with Crippen LogP contribution in [0, 0.1) is 0 Å². The minimum atomic E-state index is 0.0734. The summed E-state index contributed by atoms with van der Waals surface area (Å²) in [6, 6.07) is 16.8. The number of carbonyl (C=O) groups excluding carboxylic acids is 1. The number of benzene rings is 2. The number of hydrogen-bond acceptors (Lipinski definition) is 4. The van der Waals surface area contributed by atoms with Crippen LogP contribution in [-0.4, -0.2) is 21.1 Å². The molecule has 5 heteroatoms. The van der Waals surface area contributed by atoms with Gasteiger partial charge in [0, 0.05) is 25.0 Å². The van der Waals surface area contributed by atoms with E-state index in [-0.39, 0.29) is 5.78 Å². The molecular formula is C18H16N2O2S. The largest absolute Gasteiger partial charge is 0.457 e. The quantitative estimate of drug-likeness (QED) is 0.504. The number of imidazole rings is 1. The third-order valence-electron chi connectivity index (χ3n) is 3.26. The van der Waals surface area contributed by atoms with Crippen molar-refractivity contribution >= 4 is 17.5 Å². The van der Waals surface area contributed by atoms with E-state index in [4.69, 9.17) is 4.74 Å². The van der Waals surface area contributed by atoms with E-state index >= 15 is 0 Å². The van der Waals surface area contributed by atoms with Crippen molar-refractivity contribution < 1.29 is 9.53 Å². The average Bonchev–Trinajstić information content (AvgIpc) is 2.99. The second-order valence-electron chi connectivity index (χ2n) is 4.97. The summed E-state index contributed by atoms with van der Waals surface area (Å²) >= 11 is 1.43. The maximum atomic E-state index is 12.2. The van der Waals surface area contributed by atoms with Crippen molar-refractivity contribution in [2.75, 3.05) is 5.75 Å². The fraction of sp³-hybridized carbons (Fsp3) is 0.111. The molecule has 116 valence electrons. The van der Waals surface area contributed by atoms with Crippen LogP contribution in [-0.2, 0) is 7.05 Å². The van der Waals surface area contributed by atoms with E-state index in [2.05, 4.69) is 4.98 Å². The molecule has 0 bridgehead atoms. The fourth-order valence-electron chi connectivity index (χ4n) is 2.04. The summed E-state index contributed by atoms with van der Waals surface area (Å²) in [5.41, 5.74) is 0.673. The highest BCUT2D eigenvalue weighted by molar-refractivity contribution is 7.99. The van der Waals surface area contributed by atoms with Gasteiger partial charge in [-0.1, -0.05) is 30.0 Å². The number of ketones is 1. The lowest BCUT2D eigenvalue weighted by molar-refractivity contribution is 0.102. The molecule has 2 aromatic carbocycles. The number of thioether (sulfide) groups is 1. The van der Waals surface area contributed by atoms with Crippen LogP contribution < -0.4 is 4.74 Å². The van der Waals surface area contributed by atoms with Crippen LogP contribution in [0.4, 0.5) is 0 Å². The SMILES string of the molecule is Cn1ccnc1SCC(=O)c1ccc(Oc2ccccc2)cc1. The topological polar surface area (TPSA) is 44.1 Å². The van der Waals surface area contributed by atoms with Crippen LogP contribution in [0.1, 0.15) is 10.4 Å². The first-order chi connectivity index (χ1) is 11.2. The number of Topliss-reactive ketones (excluding diaryl/α,β-unsaturated/α-hetero) is 1. The van der Waals surface area contributed by atoms with Crippen LogP contribution in [0.5, 0.6) is 11.5 Å². The summed E-state index contributed by atoms with van der Waals surface area (Å²) in [6.45, 7) is 0. The molecule has 3 aromatic rings. The standard InChI is InChI=1S/C18H16N2O2S/c1-20-12-11-19-18(20)23-13-17(21)14-7-9-16(10-8-14)22-15-5-3-2-4-6-15/h2-12H,13H2,1H3. The minimum Gasteiger partial charge on any atom is -0.457 e. The molecular weight excluding hydrogens is 308 g/mol. The lowest BCUT2D eigenvalue weighted by Crippen LogP contribution is -2.03. The molecule has 1 aromatic heterocycles. The molecule has 0 saturated heterocycles. The van der Waals surface area contributed by atoms with E-state index in [9.17, 15) is 4.79 Å². The summed E-state index contributed by atoms with van der Waals surface area (Å²) in [5.74, 6) is 1.93. The highest BCUT2D eigenvalue weighted by Gasteiger charge is 2.09. The smallest absolute Gasteiger partial charge is 0.173 e. The zero-order valence-corrected chi connectivity index (χ0v) is 13.5. The third-order valence-corrected chi connectivity index (χ3v) is 4.32. The monoisotopic (exact) mass is 324 g/mol. The molecule has 3 rings (SSSR count). The summed E-state index contributed by atoms with van der Waals surface area (Å²) in [7, 11) is 1.91. The van der Waals surface area contributed by atoms with Gasteiger partial charge < -0.3 is 9.30 Å². The number of aromatic nitrogens is 2. The molecule has 4 nitrogen and oxygen atoms in total. The van der Waals surface area contributed by atoms with Crippen molar-refractivity contribution in [1.29, 1.82) is 0 Å². The predicted molar refractivity (Wildman–Crippen MR) is 91.2 cm³/mol. The minimum absolute atomic E-state index is 0.0734. The first kappa shape index (κ1) is 15.4. The molecule has 0 unspecified atom stereocenters. The number of hydrogen-bond donors (Lipinski definition) is 0. The van der Waals surface area contributed by atoms with Crippen LogP contribution in [0.25, 0.3) is 0 Å². The molecule has 0 fully saturated rings. The third kappa shape index (κ3) is 4.02. The fourth-order valence-corrected chi connectivity index (χ4v) is 2.86. The Bertz CT molecular complexity index is 782. The van der Waals surface area contributed by atoms with Crippen molar-refractivity contribution in [2.45, 2.75) is 5.16 Å². The Kier molecular flexibility index (Phi) is 4.78. The molecule has 0 aliphatic rings. The number of rotatable bonds is 6. The summed E-state index contributed by atoms with van der Waals surface area (Å²) in [5, 5.41) is 0.836. The molecule has 0 atom stereocenters. The summed E-state index contributed by atoms with van der Waals surface area (Å²) < 4.78 is 7.62. The molecule has 23 heavy (non-hydrogen) atoms. The van der Waals surface area contributed by atoms with Gasteiger partial charge >= 0.3 is 0 Å². The molecule has 0 aliphatic heterocycles. The highest BCUT2D eigenvalue weighted by Crippen LogP contribution is 2.22. The summed E-state index contributed by atoms with van der Waals surface area (Å²) in [6.07, 6.45) is 3.59. The van der Waals surface area contributed by atoms with Crippen LogP contribution >= 0.6 is 11.8 Å². The maximum Gasteiger partial charge on any atom is 0.173 e.